The first-order chi connectivity index (χ1) is 3.13. The van der Waals surface area contributed by atoms with Crippen molar-refractivity contribution >= 4 is 59.5 Å². The fraction of sp³-hybridized carbons (Fsp3) is 0. The third-order valence-electron chi connectivity index (χ3n) is 0.131. The largest absolute Gasteiger partial charge is 0.586 e. The lowest BCUT2D eigenvalue weighted by atomic mass is 13.9. The van der Waals surface area contributed by atoms with Gasteiger partial charge in [-0.25, -0.2) is 0 Å². The maximum absolute atomic E-state index is 10.0. The summed E-state index contributed by atoms with van der Waals surface area (Å²) in [5.74, 6) is 0. The minimum Gasteiger partial charge on any atom is -0.586 e. The zero-order chi connectivity index (χ0) is 5.86. The summed E-state index contributed by atoms with van der Waals surface area (Å²) in [6.07, 6.45) is 0. The van der Waals surface area contributed by atoms with Crippen molar-refractivity contribution in [1.82, 2.24) is 4.13 Å². The van der Waals surface area contributed by atoms with Gasteiger partial charge in [-0.3, -0.25) is 0 Å². The van der Waals surface area contributed by atoms with Crippen molar-refractivity contribution in [2.45, 2.75) is 0 Å². The highest BCUT2D eigenvalue weighted by Crippen LogP contribution is 2.03. The lowest BCUT2D eigenvalue weighted by Gasteiger charge is -1.98. The fourth-order valence-electron chi connectivity index (χ4n) is 0.0515. The van der Waals surface area contributed by atoms with Crippen molar-refractivity contribution in [1.29, 1.82) is 0 Å². The molecule has 7 heavy (non-hydrogen) atoms. The molecule has 0 saturated heterocycles. The molecule has 3 nitrogen and oxygen atoms in total. The van der Waals surface area contributed by atoms with Gasteiger partial charge in [0.05, 0.1) is 4.13 Å². The van der Waals surface area contributed by atoms with E-state index in [4.69, 9.17) is 0 Å². The van der Waals surface area contributed by atoms with Gasteiger partial charge in [-0.1, -0.05) is 0 Å². The van der Waals surface area contributed by atoms with Crippen molar-refractivity contribution in [3.63, 3.8) is 0 Å². The van der Waals surface area contributed by atoms with Gasteiger partial charge in [-0.2, -0.15) is 0 Å². The third kappa shape index (κ3) is 8.04. The average molecular weight is 365 g/mol. The quantitative estimate of drug-likeness (QED) is 0.576. The number of rotatable bonds is 2. The van der Waals surface area contributed by atoms with Crippen molar-refractivity contribution in [3.8, 4) is 0 Å². The first-order valence-electron chi connectivity index (χ1n) is 1.05. The Hall–Kier alpha value is 2.04. The zero-order valence-corrected chi connectivity index (χ0v) is 8.84. The predicted molar refractivity (Wildman–Crippen MR) is 47.5 cm³/mol. The summed E-state index contributed by atoms with van der Waals surface area (Å²) in [4.78, 5) is 0. The van der Waals surface area contributed by atoms with Gasteiger partial charge in [0, 0.05) is 0 Å². The molecule has 0 fully saturated rings. The van der Waals surface area contributed by atoms with Gasteiger partial charge < -0.3 is 9.11 Å². The Bertz CT molecular complexity index is 43.0. The van der Waals surface area contributed by atoms with Crippen molar-refractivity contribution in [2.24, 2.45) is 0 Å². The van der Waals surface area contributed by atoms with Gasteiger partial charge in [0.1, 0.15) is 0 Å². The predicted octanol–water partition coefficient (Wildman–Crippen LogP) is 0.603. The molecular weight excluding hydrogens is 364 g/mol. The van der Waals surface area contributed by atoms with Gasteiger partial charge in [0.25, 0.3) is 42.4 Å². The highest BCUT2D eigenvalue weighted by Gasteiger charge is 2.08. The molecular formula is HI2NO2S2. The monoisotopic (exact) mass is 365 g/mol. The second kappa shape index (κ2) is 4.88. The summed E-state index contributed by atoms with van der Waals surface area (Å²) in [7, 11) is -2.37. The van der Waals surface area contributed by atoms with Crippen LogP contribution in [0.1, 0.15) is 0 Å². The van der Waals surface area contributed by atoms with Crippen LogP contribution in [0.5, 0.6) is 0 Å². The van der Waals surface area contributed by atoms with Crippen LogP contribution in [-0.2, 0) is 17.1 Å². The smallest absolute Gasteiger partial charge is 0.278 e. The van der Waals surface area contributed by atoms with E-state index in [2.05, 4.69) is 4.13 Å². The minimum absolute atomic E-state index is 1.18. The third-order valence-corrected chi connectivity index (χ3v) is 4.42. The van der Waals surface area contributed by atoms with Crippen LogP contribution >= 0.6 is 42.4 Å². The lowest BCUT2D eigenvalue weighted by Crippen LogP contribution is -2.20. The Balaban J connectivity index is 2.95. The lowest BCUT2D eigenvalue weighted by molar-refractivity contribution is 0.594. The average Bonchev–Trinajstić information content (AvgIpc) is 1.27. The van der Waals surface area contributed by atoms with E-state index in [0.717, 1.165) is 0 Å². The molecule has 44 valence electrons. The topological polar surface area (TPSA) is 58.1 Å². The van der Waals surface area contributed by atoms with Gasteiger partial charge in [0.15, 0.2) is 17.1 Å². The first kappa shape index (κ1) is 9.04. The maximum Gasteiger partial charge on any atom is 0.278 e. The highest BCUT2D eigenvalue weighted by atomic mass is 127. The summed E-state index contributed by atoms with van der Waals surface area (Å²) >= 11 is 3.24. The summed E-state index contributed by atoms with van der Waals surface area (Å²) < 4.78 is 22.3. The molecule has 0 aromatic rings. The van der Waals surface area contributed by atoms with Crippen LogP contribution in [0.25, 0.3) is 0 Å². The SMILES string of the molecule is [O-][S+](I)N[S+]([O-])I. The summed E-state index contributed by atoms with van der Waals surface area (Å²) in [6.45, 7) is 0. The zero-order valence-electron chi connectivity index (χ0n) is 2.89. The molecule has 0 aliphatic rings. The van der Waals surface area contributed by atoms with Crippen molar-refractivity contribution in [3.05, 3.63) is 0 Å². The van der Waals surface area contributed by atoms with Crippen LogP contribution < -0.4 is 4.13 Å². The molecule has 0 rings (SSSR count). The van der Waals surface area contributed by atoms with E-state index in [1.165, 1.54) is 0 Å². The Morgan fingerprint density at radius 1 is 1.14 bits per heavy atom. The standard InChI is InChI=1S/HI2NO2S2/c1-6(4)3-7(2)5/h3H. The Morgan fingerprint density at radius 3 is 1.43 bits per heavy atom. The van der Waals surface area contributed by atoms with Crippen LogP contribution in [0.3, 0.4) is 0 Å². The van der Waals surface area contributed by atoms with Crippen LogP contribution in [0.15, 0.2) is 0 Å². The number of hydrogen-bond acceptors (Lipinski definition) is 3. The van der Waals surface area contributed by atoms with E-state index in [1.807, 2.05) is 0 Å². The molecule has 0 saturated carbocycles. The van der Waals surface area contributed by atoms with Gasteiger partial charge >= 0.3 is 0 Å². The van der Waals surface area contributed by atoms with E-state index < -0.39 is 17.1 Å². The normalized spacial score (nSPS) is 18.9. The molecule has 0 amide bonds. The molecule has 7 heteroatoms. The second-order valence-electron chi connectivity index (χ2n) is 0.530. The molecule has 0 aromatic heterocycles. The van der Waals surface area contributed by atoms with E-state index in [-0.39, 0.29) is 0 Å². The molecule has 0 radical (unpaired) electrons. The molecule has 0 aliphatic heterocycles. The summed E-state index contributed by atoms with van der Waals surface area (Å²) in [5.41, 5.74) is 0. The molecule has 0 spiro atoms. The number of nitrogens with one attached hydrogen (secondary N) is 1. The Labute approximate surface area is 71.8 Å². The Kier molecular flexibility index (Phi) is 6.30. The van der Waals surface area contributed by atoms with Crippen LogP contribution in [0.4, 0.5) is 0 Å². The fourth-order valence-corrected chi connectivity index (χ4v) is 6.50. The molecule has 2 unspecified atom stereocenters. The Morgan fingerprint density at radius 2 is 1.43 bits per heavy atom. The van der Waals surface area contributed by atoms with Crippen molar-refractivity contribution in [2.75, 3.05) is 0 Å². The molecule has 0 bridgehead atoms. The van der Waals surface area contributed by atoms with Crippen LogP contribution in [0.2, 0.25) is 0 Å². The molecule has 0 aliphatic carbocycles. The molecule has 2 atom stereocenters. The van der Waals surface area contributed by atoms with E-state index in [1.54, 1.807) is 42.4 Å². The maximum atomic E-state index is 10.0. The molecule has 0 aromatic carbocycles. The van der Waals surface area contributed by atoms with Gasteiger partial charge in [-0.15, -0.1) is 0 Å². The first-order valence-corrected chi connectivity index (χ1v) is 8.44. The van der Waals surface area contributed by atoms with Crippen LogP contribution in [0, 0.1) is 0 Å². The van der Waals surface area contributed by atoms with Gasteiger partial charge in [-0.05, 0) is 0 Å². The van der Waals surface area contributed by atoms with E-state index in [9.17, 15) is 9.11 Å². The summed E-state index contributed by atoms with van der Waals surface area (Å²) in [5, 5.41) is 0. The van der Waals surface area contributed by atoms with E-state index >= 15 is 0 Å². The molecule has 0 heterocycles. The number of halogens is 2. The second-order valence-corrected chi connectivity index (χ2v) is 6.89. The summed E-state index contributed by atoms with van der Waals surface area (Å²) in [6, 6.07) is 0. The van der Waals surface area contributed by atoms with Gasteiger partial charge in [0.2, 0.25) is 0 Å². The highest BCUT2D eigenvalue weighted by molar-refractivity contribution is 14.2. The van der Waals surface area contributed by atoms with Crippen LogP contribution in [-0.4, -0.2) is 9.11 Å². The molecule has 1 N–H and O–H groups in total. The van der Waals surface area contributed by atoms with Crippen molar-refractivity contribution < 1.29 is 9.11 Å². The van der Waals surface area contributed by atoms with E-state index in [0.29, 0.717) is 0 Å². The number of hydrogen-bond donors (Lipinski definition) is 1. The minimum atomic E-state index is -1.18.